The van der Waals surface area contributed by atoms with Crippen molar-refractivity contribution in [3.05, 3.63) is 21.9 Å². The first-order valence-electron chi connectivity index (χ1n) is 4.33. The minimum atomic E-state index is 0.258. The smallest absolute Gasteiger partial charge is 0.0105 e. The van der Waals surface area contributed by atoms with Gasteiger partial charge in [-0.25, -0.2) is 0 Å². The van der Waals surface area contributed by atoms with Crippen molar-refractivity contribution >= 4 is 11.3 Å². The Kier molecular flexibility index (Phi) is 2.91. The fourth-order valence-corrected chi connectivity index (χ4v) is 2.28. The molecule has 1 aromatic rings. The highest BCUT2D eigenvalue weighted by Gasteiger charge is 2.20. The highest BCUT2D eigenvalue weighted by molar-refractivity contribution is 7.12. The molecule has 1 nitrogen and oxygen atoms in total. The highest BCUT2D eigenvalue weighted by Crippen LogP contribution is 2.31. The van der Waals surface area contributed by atoms with E-state index in [1.54, 1.807) is 0 Å². The Morgan fingerprint density at radius 3 is 2.50 bits per heavy atom. The van der Waals surface area contributed by atoms with Crippen molar-refractivity contribution in [1.82, 2.24) is 0 Å². The molecule has 0 aliphatic rings. The molecule has 0 aliphatic heterocycles. The minimum Gasteiger partial charge on any atom is -0.330 e. The van der Waals surface area contributed by atoms with Crippen LogP contribution in [0.5, 0.6) is 0 Å². The van der Waals surface area contributed by atoms with E-state index in [9.17, 15) is 0 Å². The predicted octanol–water partition coefficient (Wildman–Crippen LogP) is 2.68. The van der Waals surface area contributed by atoms with Gasteiger partial charge in [0, 0.05) is 15.2 Å². The summed E-state index contributed by atoms with van der Waals surface area (Å²) >= 11 is 1.88. The summed E-state index contributed by atoms with van der Waals surface area (Å²) in [6.07, 6.45) is 1.06. The average molecular weight is 183 g/mol. The third-order valence-corrected chi connectivity index (χ3v) is 3.54. The van der Waals surface area contributed by atoms with Gasteiger partial charge < -0.3 is 5.73 Å². The molecule has 0 aliphatic carbocycles. The predicted molar refractivity (Wildman–Crippen MR) is 55.8 cm³/mol. The van der Waals surface area contributed by atoms with Crippen LogP contribution in [-0.2, 0) is 5.41 Å². The lowest BCUT2D eigenvalue weighted by molar-refractivity contribution is 0.497. The zero-order valence-electron chi connectivity index (χ0n) is 8.05. The summed E-state index contributed by atoms with van der Waals surface area (Å²) in [5.41, 5.74) is 5.82. The van der Waals surface area contributed by atoms with Crippen LogP contribution in [0.25, 0.3) is 0 Å². The molecule has 0 radical (unpaired) electrons. The fraction of sp³-hybridized carbons (Fsp3) is 0.600. The van der Waals surface area contributed by atoms with Crippen LogP contribution >= 0.6 is 11.3 Å². The van der Waals surface area contributed by atoms with Crippen LogP contribution in [0.2, 0.25) is 0 Å². The van der Waals surface area contributed by atoms with Gasteiger partial charge in [0.15, 0.2) is 0 Å². The molecule has 0 atom stereocenters. The molecule has 0 fully saturated rings. The molecule has 0 aromatic carbocycles. The van der Waals surface area contributed by atoms with Gasteiger partial charge in [-0.3, -0.25) is 0 Å². The normalized spacial score (nSPS) is 12.0. The summed E-state index contributed by atoms with van der Waals surface area (Å²) in [6, 6.07) is 4.40. The number of thiophene rings is 1. The topological polar surface area (TPSA) is 26.0 Å². The fourth-order valence-electron chi connectivity index (χ4n) is 1.28. The first kappa shape index (κ1) is 9.75. The van der Waals surface area contributed by atoms with E-state index in [0.29, 0.717) is 0 Å². The Balaban J connectivity index is 2.81. The maximum atomic E-state index is 5.56. The second-order valence-electron chi connectivity index (χ2n) is 3.83. The molecular weight excluding hydrogens is 166 g/mol. The van der Waals surface area contributed by atoms with Crippen molar-refractivity contribution < 1.29 is 0 Å². The van der Waals surface area contributed by atoms with Gasteiger partial charge in [-0.05, 0) is 32.0 Å². The van der Waals surface area contributed by atoms with Gasteiger partial charge in [0.1, 0.15) is 0 Å². The molecule has 2 heteroatoms. The highest BCUT2D eigenvalue weighted by atomic mass is 32.1. The summed E-state index contributed by atoms with van der Waals surface area (Å²) in [5.74, 6) is 0. The van der Waals surface area contributed by atoms with Crippen molar-refractivity contribution in [2.45, 2.75) is 32.6 Å². The van der Waals surface area contributed by atoms with E-state index in [0.717, 1.165) is 13.0 Å². The number of hydrogen-bond acceptors (Lipinski definition) is 2. The zero-order chi connectivity index (χ0) is 9.19. The van der Waals surface area contributed by atoms with E-state index in [2.05, 4.69) is 32.9 Å². The molecule has 0 spiro atoms. The molecule has 0 saturated carbocycles. The van der Waals surface area contributed by atoms with Crippen LogP contribution in [0.15, 0.2) is 12.1 Å². The van der Waals surface area contributed by atoms with Gasteiger partial charge in [-0.1, -0.05) is 13.8 Å². The molecular formula is C10H17NS. The number of hydrogen-bond donors (Lipinski definition) is 1. The van der Waals surface area contributed by atoms with Gasteiger partial charge in [-0.15, -0.1) is 11.3 Å². The van der Waals surface area contributed by atoms with Crippen LogP contribution in [-0.4, -0.2) is 6.54 Å². The Morgan fingerprint density at radius 1 is 1.42 bits per heavy atom. The van der Waals surface area contributed by atoms with Crippen molar-refractivity contribution in [2.75, 3.05) is 6.54 Å². The second kappa shape index (κ2) is 3.58. The van der Waals surface area contributed by atoms with Gasteiger partial charge in [-0.2, -0.15) is 0 Å². The van der Waals surface area contributed by atoms with Gasteiger partial charge in [0.25, 0.3) is 0 Å². The number of rotatable bonds is 3. The lowest BCUT2D eigenvalue weighted by Gasteiger charge is -2.21. The number of aryl methyl sites for hydroxylation is 1. The SMILES string of the molecule is Cc1ccc(C(C)(C)CCN)s1. The largest absolute Gasteiger partial charge is 0.330 e. The van der Waals surface area contributed by atoms with E-state index >= 15 is 0 Å². The van der Waals surface area contributed by atoms with E-state index in [4.69, 9.17) is 5.73 Å². The first-order chi connectivity index (χ1) is 5.56. The van der Waals surface area contributed by atoms with Crippen LogP contribution in [0, 0.1) is 6.92 Å². The van der Waals surface area contributed by atoms with Gasteiger partial charge in [0.05, 0.1) is 0 Å². The molecule has 1 heterocycles. The molecule has 1 rings (SSSR count). The van der Waals surface area contributed by atoms with Crippen molar-refractivity contribution in [1.29, 1.82) is 0 Å². The summed E-state index contributed by atoms with van der Waals surface area (Å²) in [5, 5.41) is 0. The third-order valence-electron chi connectivity index (χ3n) is 2.18. The summed E-state index contributed by atoms with van der Waals surface area (Å²) < 4.78 is 0. The van der Waals surface area contributed by atoms with Crippen molar-refractivity contribution in [3.63, 3.8) is 0 Å². The Morgan fingerprint density at radius 2 is 2.08 bits per heavy atom. The van der Waals surface area contributed by atoms with E-state index in [1.165, 1.54) is 9.75 Å². The van der Waals surface area contributed by atoms with Gasteiger partial charge >= 0.3 is 0 Å². The van der Waals surface area contributed by atoms with Gasteiger partial charge in [0.2, 0.25) is 0 Å². The van der Waals surface area contributed by atoms with Crippen molar-refractivity contribution in [3.8, 4) is 0 Å². The molecule has 68 valence electrons. The van der Waals surface area contributed by atoms with Crippen molar-refractivity contribution in [2.24, 2.45) is 5.73 Å². The second-order valence-corrected chi connectivity index (χ2v) is 5.12. The average Bonchev–Trinajstić information content (AvgIpc) is 2.36. The maximum Gasteiger partial charge on any atom is 0.0105 e. The molecule has 12 heavy (non-hydrogen) atoms. The molecule has 0 bridgehead atoms. The third kappa shape index (κ3) is 2.08. The Hall–Kier alpha value is -0.340. The molecule has 1 aromatic heterocycles. The van der Waals surface area contributed by atoms with E-state index < -0.39 is 0 Å². The summed E-state index contributed by atoms with van der Waals surface area (Å²) in [7, 11) is 0. The number of nitrogens with two attached hydrogens (primary N) is 1. The lowest BCUT2D eigenvalue weighted by atomic mass is 9.88. The summed E-state index contributed by atoms with van der Waals surface area (Å²) in [6.45, 7) is 7.42. The summed E-state index contributed by atoms with van der Waals surface area (Å²) in [4.78, 5) is 2.83. The van der Waals surface area contributed by atoms with E-state index in [-0.39, 0.29) is 5.41 Å². The van der Waals surface area contributed by atoms with Crippen LogP contribution in [0.1, 0.15) is 30.0 Å². The zero-order valence-corrected chi connectivity index (χ0v) is 8.87. The Bertz CT molecular complexity index is 250. The quantitative estimate of drug-likeness (QED) is 0.766. The van der Waals surface area contributed by atoms with Crippen LogP contribution < -0.4 is 5.73 Å². The lowest BCUT2D eigenvalue weighted by Crippen LogP contribution is -2.20. The molecule has 0 saturated heterocycles. The maximum absolute atomic E-state index is 5.56. The molecule has 0 unspecified atom stereocenters. The monoisotopic (exact) mass is 183 g/mol. The molecule has 0 amide bonds. The standard InChI is InChI=1S/C10H17NS/c1-8-4-5-9(12-8)10(2,3)6-7-11/h4-5H,6-7,11H2,1-3H3. The molecule has 2 N–H and O–H groups in total. The van der Waals surface area contributed by atoms with Crippen LogP contribution in [0.3, 0.4) is 0 Å². The van der Waals surface area contributed by atoms with E-state index in [1.807, 2.05) is 11.3 Å². The minimum absolute atomic E-state index is 0.258. The Labute approximate surface area is 78.6 Å². The first-order valence-corrected chi connectivity index (χ1v) is 5.15. The van der Waals surface area contributed by atoms with Crippen LogP contribution in [0.4, 0.5) is 0 Å².